The van der Waals surface area contributed by atoms with Crippen molar-refractivity contribution in [2.45, 2.75) is 58.1 Å². The smallest absolute Gasteiger partial charge is 0.283 e. The Morgan fingerprint density at radius 3 is 2.92 bits per heavy atom. The second-order valence-corrected chi connectivity index (χ2v) is 8.41. The summed E-state index contributed by atoms with van der Waals surface area (Å²) >= 11 is 0. The first kappa shape index (κ1) is 15.1. The Labute approximate surface area is 158 Å². The van der Waals surface area contributed by atoms with E-state index in [-0.39, 0.29) is 24.0 Å². The molecule has 2 spiro atoms. The third-order valence-corrected chi connectivity index (χ3v) is 6.17. The van der Waals surface area contributed by atoms with Crippen molar-refractivity contribution in [3.05, 3.63) is 34.9 Å². The van der Waals surface area contributed by atoms with Gasteiger partial charge in [0.2, 0.25) is 0 Å². The number of benzene rings is 1. The zero-order valence-corrected chi connectivity index (χ0v) is 15.7. The highest BCUT2D eigenvalue weighted by atomic mass is 16.5. The molecule has 3 N–H and O–H groups in total. The lowest BCUT2D eigenvalue weighted by molar-refractivity contribution is -0.0253. The summed E-state index contributed by atoms with van der Waals surface area (Å²) in [4.78, 5) is 4.65. The lowest BCUT2D eigenvalue weighted by atomic mass is 9.59. The molecule has 2 aliphatic carbocycles. The molecule has 4 nitrogen and oxygen atoms in total. The molecule has 0 saturated heterocycles. The van der Waals surface area contributed by atoms with Crippen LogP contribution in [0.15, 0.2) is 23.2 Å². The van der Waals surface area contributed by atoms with E-state index in [9.17, 15) is 5.11 Å². The minimum Gasteiger partial charge on any atom is -0.462 e. The van der Waals surface area contributed by atoms with Crippen LogP contribution in [0.5, 0.6) is 0 Å². The van der Waals surface area contributed by atoms with Crippen molar-refractivity contribution in [3.8, 4) is 11.8 Å². The van der Waals surface area contributed by atoms with Gasteiger partial charge >= 0.3 is 0 Å². The number of amidine groups is 1. The molecule has 0 amide bonds. The van der Waals surface area contributed by atoms with Crippen LogP contribution >= 0.6 is 0 Å². The number of aliphatic hydroxyl groups is 1. The Hall–Kier alpha value is -1.99. The molecule has 1 unspecified atom stereocenters. The van der Waals surface area contributed by atoms with Crippen molar-refractivity contribution in [2.75, 3.05) is 6.56 Å². The summed E-state index contributed by atoms with van der Waals surface area (Å²) in [5, 5.41) is 10.3. The van der Waals surface area contributed by atoms with Gasteiger partial charge in [-0.1, -0.05) is 38.7 Å². The minimum atomic E-state index is -2.05. The predicted molar refractivity (Wildman–Crippen MR) is 103 cm³/mol. The van der Waals surface area contributed by atoms with E-state index in [2.05, 4.69) is 16.8 Å². The van der Waals surface area contributed by atoms with Crippen LogP contribution in [0.3, 0.4) is 0 Å². The molecule has 4 rings (SSSR count). The first-order valence-electron chi connectivity index (χ1n) is 10.5. The van der Waals surface area contributed by atoms with Gasteiger partial charge in [0, 0.05) is 16.9 Å². The fourth-order valence-corrected chi connectivity index (χ4v) is 4.88. The second kappa shape index (κ2) is 6.03. The normalized spacial score (nSPS) is 38.3. The summed E-state index contributed by atoms with van der Waals surface area (Å²) in [6.45, 7) is 4.06. The van der Waals surface area contributed by atoms with Crippen molar-refractivity contribution in [1.82, 2.24) is 0 Å². The van der Waals surface area contributed by atoms with Crippen molar-refractivity contribution in [2.24, 2.45) is 28.0 Å². The Balaban J connectivity index is 1.91. The number of rotatable bonds is 0. The van der Waals surface area contributed by atoms with Crippen LogP contribution < -0.4 is 5.73 Å². The van der Waals surface area contributed by atoms with Gasteiger partial charge < -0.3 is 15.6 Å². The fraction of sp³-hybridized carbons (Fsp3) is 0.591. The molecule has 4 heteroatoms. The van der Waals surface area contributed by atoms with E-state index in [0.717, 1.165) is 16.7 Å². The molecule has 26 heavy (non-hydrogen) atoms. The average molecular weight is 354 g/mol. The molecular formula is C22H28N2O2. The summed E-state index contributed by atoms with van der Waals surface area (Å²) < 4.78 is 23.0. The Kier molecular flexibility index (Phi) is 3.50. The van der Waals surface area contributed by atoms with Crippen LogP contribution in [0, 0.1) is 29.1 Å². The Bertz CT molecular complexity index is 902. The second-order valence-electron chi connectivity index (χ2n) is 8.41. The maximum Gasteiger partial charge on any atom is 0.283 e. The summed E-state index contributed by atoms with van der Waals surface area (Å²) in [6, 6.07) is 5.92. The quantitative estimate of drug-likeness (QED) is 0.704. The molecule has 1 heterocycles. The van der Waals surface area contributed by atoms with E-state index in [0.29, 0.717) is 25.7 Å². The van der Waals surface area contributed by atoms with Crippen LogP contribution in [0.2, 0.25) is 0 Å². The molecule has 138 valence electrons. The van der Waals surface area contributed by atoms with E-state index >= 15 is 0 Å². The third kappa shape index (κ3) is 2.53. The number of nitrogens with zero attached hydrogens (tertiary/aromatic N) is 1. The maximum atomic E-state index is 10.3. The summed E-state index contributed by atoms with van der Waals surface area (Å²) in [5.41, 5.74) is 7.00. The highest BCUT2D eigenvalue weighted by Gasteiger charge is 2.62. The average Bonchev–Trinajstić information content (AvgIpc) is 3.01. The highest BCUT2D eigenvalue weighted by molar-refractivity contribution is 5.75. The number of fused-ring (bicyclic) bond motifs is 3. The lowest BCUT2D eigenvalue weighted by Gasteiger charge is -2.47. The van der Waals surface area contributed by atoms with Crippen LogP contribution in [0.1, 0.15) is 59.5 Å². The van der Waals surface area contributed by atoms with Gasteiger partial charge in [-0.15, -0.1) is 0 Å². The molecule has 0 radical (unpaired) electrons. The minimum absolute atomic E-state index is 0.0629. The summed E-state index contributed by atoms with van der Waals surface area (Å²) in [5.74, 6) is 6.69. The number of hydrogen-bond acceptors (Lipinski definition) is 4. The molecule has 0 aromatic heterocycles. The Morgan fingerprint density at radius 1 is 1.46 bits per heavy atom. The standard InChI is InChI=1S/C22H28N2O2/c1-14(2)4-5-16-6-7-17-12-21(9-8-19(25)15(3)11-21)22(18(17)10-16)13-26-20(23)24-22/h6-7,10,14-15,19,25H,8-9,11-13H2,1-3H3,(H2,23,24)/t15-,19-,21-,22?/m0/s1/i13D2. The number of hydrogen-bond donors (Lipinski definition) is 2. The van der Waals surface area contributed by atoms with E-state index in [1.807, 2.05) is 39.0 Å². The zero-order valence-electron chi connectivity index (χ0n) is 17.7. The van der Waals surface area contributed by atoms with Crippen molar-refractivity contribution in [3.63, 3.8) is 0 Å². The summed E-state index contributed by atoms with van der Waals surface area (Å²) in [6.07, 6.45) is 2.32. The van der Waals surface area contributed by atoms with Crippen molar-refractivity contribution in [1.29, 1.82) is 0 Å². The van der Waals surface area contributed by atoms with Gasteiger partial charge in [-0.3, -0.25) is 0 Å². The third-order valence-electron chi connectivity index (χ3n) is 6.17. The predicted octanol–water partition coefficient (Wildman–Crippen LogP) is 2.96. The molecule has 1 aromatic rings. The molecular weight excluding hydrogens is 324 g/mol. The SMILES string of the molecule is [2H]C1([2H])OC(N)=NC12c1cc(C#CC(C)C)ccc1C[C@@]21CC[C@H](O)[C@@H](C)C1. The maximum absolute atomic E-state index is 10.3. The van der Waals surface area contributed by atoms with E-state index in [1.54, 1.807) is 0 Å². The first-order valence-corrected chi connectivity index (χ1v) is 9.48. The van der Waals surface area contributed by atoms with E-state index in [4.69, 9.17) is 13.2 Å². The number of aliphatic imine (C=N–C) groups is 1. The first-order chi connectivity index (χ1) is 13.1. The molecule has 1 aliphatic heterocycles. The van der Waals surface area contributed by atoms with Gasteiger partial charge in [-0.25, -0.2) is 4.99 Å². The van der Waals surface area contributed by atoms with Gasteiger partial charge in [0.1, 0.15) is 12.1 Å². The van der Waals surface area contributed by atoms with Crippen LogP contribution in [0.4, 0.5) is 0 Å². The van der Waals surface area contributed by atoms with Crippen LogP contribution in [0.25, 0.3) is 0 Å². The van der Waals surface area contributed by atoms with Gasteiger partial charge in [-0.05, 0) is 54.9 Å². The monoisotopic (exact) mass is 354 g/mol. The zero-order chi connectivity index (χ0) is 20.3. The molecule has 0 bridgehead atoms. The topological polar surface area (TPSA) is 67.8 Å². The van der Waals surface area contributed by atoms with Crippen LogP contribution in [-0.2, 0) is 16.7 Å². The number of aliphatic hydroxyl groups excluding tert-OH is 1. The lowest BCUT2D eigenvalue weighted by Crippen LogP contribution is -2.48. The molecule has 1 fully saturated rings. The fourth-order valence-electron chi connectivity index (χ4n) is 4.88. The van der Waals surface area contributed by atoms with Gasteiger partial charge in [0.15, 0.2) is 0 Å². The molecule has 1 saturated carbocycles. The molecule has 4 atom stereocenters. The largest absolute Gasteiger partial charge is 0.462 e. The van der Waals surface area contributed by atoms with Gasteiger partial charge in [0.25, 0.3) is 6.02 Å². The highest BCUT2D eigenvalue weighted by Crippen LogP contribution is 2.61. The van der Waals surface area contributed by atoms with Gasteiger partial charge in [0.05, 0.1) is 8.85 Å². The van der Waals surface area contributed by atoms with Crippen molar-refractivity contribution >= 4 is 6.02 Å². The number of ether oxygens (including phenoxy) is 1. The van der Waals surface area contributed by atoms with E-state index in [1.165, 1.54) is 0 Å². The van der Waals surface area contributed by atoms with Crippen molar-refractivity contribution < 1.29 is 12.6 Å². The molecule has 1 aromatic carbocycles. The Morgan fingerprint density at radius 2 is 2.27 bits per heavy atom. The molecule has 3 aliphatic rings. The number of nitrogens with two attached hydrogens (primary N) is 1. The van der Waals surface area contributed by atoms with Gasteiger partial charge in [-0.2, -0.15) is 0 Å². The van der Waals surface area contributed by atoms with Crippen LogP contribution in [-0.4, -0.2) is 23.8 Å². The van der Waals surface area contributed by atoms with E-state index < -0.39 is 17.5 Å². The summed E-state index contributed by atoms with van der Waals surface area (Å²) in [7, 11) is 0.